The van der Waals surface area contributed by atoms with Gasteiger partial charge in [0.1, 0.15) is 13.2 Å². The van der Waals surface area contributed by atoms with Gasteiger partial charge in [0.2, 0.25) is 0 Å². The van der Waals surface area contributed by atoms with E-state index in [1.165, 1.54) is 238 Å². The zero-order valence-corrected chi connectivity index (χ0v) is 45.2. The van der Waals surface area contributed by atoms with Crippen LogP contribution in [0, 0.1) is 5.92 Å². The molecule has 0 saturated heterocycles. The Morgan fingerprint density at radius 2 is 0.530 bits per heavy atom. The van der Waals surface area contributed by atoms with Gasteiger partial charge in [-0.2, -0.15) is 0 Å². The number of hydrogen-bond donors (Lipinski definition) is 0. The minimum atomic E-state index is -0.762. The van der Waals surface area contributed by atoms with Crippen LogP contribution in [0.25, 0.3) is 0 Å². The van der Waals surface area contributed by atoms with Gasteiger partial charge in [-0.05, 0) is 25.2 Å². The molecule has 6 heteroatoms. The molecule has 0 aromatic carbocycles. The van der Waals surface area contributed by atoms with Gasteiger partial charge in [-0.1, -0.05) is 304 Å². The molecule has 0 N–H and O–H groups in total. The van der Waals surface area contributed by atoms with Gasteiger partial charge in [-0.25, -0.2) is 0 Å². The lowest BCUT2D eigenvalue weighted by molar-refractivity contribution is -0.167. The minimum Gasteiger partial charge on any atom is -0.462 e. The van der Waals surface area contributed by atoms with Gasteiger partial charge in [-0.15, -0.1) is 0 Å². The van der Waals surface area contributed by atoms with E-state index in [9.17, 15) is 14.4 Å². The molecule has 0 bridgehead atoms. The summed E-state index contributed by atoms with van der Waals surface area (Å²) in [4.78, 5) is 38.2. The van der Waals surface area contributed by atoms with Crippen LogP contribution in [-0.2, 0) is 28.6 Å². The molecular weight excluding hydrogens is 817 g/mol. The summed E-state index contributed by atoms with van der Waals surface area (Å²) in [7, 11) is 0. The van der Waals surface area contributed by atoms with E-state index in [1.54, 1.807) is 0 Å². The maximum atomic E-state index is 12.9. The molecule has 66 heavy (non-hydrogen) atoms. The van der Waals surface area contributed by atoms with E-state index in [0.29, 0.717) is 19.3 Å². The van der Waals surface area contributed by atoms with Crippen LogP contribution in [0.5, 0.6) is 0 Å². The molecule has 0 saturated carbocycles. The maximum absolute atomic E-state index is 12.9. The lowest BCUT2D eigenvalue weighted by Crippen LogP contribution is -2.30. The van der Waals surface area contributed by atoms with E-state index in [1.807, 2.05) is 0 Å². The van der Waals surface area contributed by atoms with Crippen LogP contribution in [-0.4, -0.2) is 37.2 Å². The molecule has 0 aromatic rings. The van der Waals surface area contributed by atoms with Crippen LogP contribution < -0.4 is 0 Å². The monoisotopic (exact) mass is 933 g/mol. The molecule has 0 aliphatic heterocycles. The molecule has 6 nitrogen and oxygen atoms in total. The molecular formula is C60H116O6. The third-order valence-corrected chi connectivity index (χ3v) is 14.2. The number of unbranched alkanes of at least 4 members (excludes halogenated alkanes) is 41. The number of rotatable bonds is 55. The first-order valence-corrected chi connectivity index (χ1v) is 29.9. The predicted octanol–water partition coefficient (Wildman–Crippen LogP) is 19.8. The fourth-order valence-corrected chi connectivity index (χ4v) is 9.25. The summed E-state index contributed by atoms with van der Waals surface area (Å²) in [5.74, 6) is 0.0121. The lowest BCUT2D eigenvalue weighted by atomic mass is 9.99. The quantitative estimate of drug-likeness (QED) is 0.0343. The Labute approximate surface area is 412 Å². The Morgan fingerprint density at radius 1 is 0.303 bits per heavy atom. The van der Waals surface area contributed by atoms with E-state index in [0.717, 1.165) is 63.7 Å². The van der Waals surface area contributed by atoms with Crippen molar-refractivity contribution in [3.63, 3.8) is 0 Å². The van der Waals surface area contributed by atoms with Crippen LogP contribution in [0.4, 0.5) is 0 Å². The predicted molar refractivity (Wildman–Crippen MR) is 284 cm³/mol. The third-order valence-electron chi connectivity index (χ3n) is 14.2. The molecule has 0 aliphatic carbocycles. The van der Waals surface area contributed by atoms with Crippen molar-refractivity contribution in [2.45, 2.75) is 348 Å². The average Bonchev–Trinajstić information content (AvgIpc) is 3.32. The number of carbonyl (C=O) groups is 3. The SMILES string of the molecule is CCCCCCCCCCCCCCCCCCCCCC(=O)O[C@@H](COC(=O)CCCCCCCCCCCCCCCCCCC)COC(=O)CCCCCCCCCCC(C)CC. The molecule has 0 aliphatic rings. The van der Waals surface area contributed by atoms with Crippen molar-refractivity contribution in [3.8, 4) is 0 Å². The molecule has 1 unspecified atom stereocenters. The number of hydrogen-bond acceptors (Lipinski definition) is 6. The van der Waals surface area contributed by atoms with Gasteiger partial charge in [-0.3, -0.25) is 14.4 Å². The summed E-state index contributed by atoms with van der Waals surface area (Å²) in [5, 5.41) is 0. The van der Waals surface area contributed by atoms with Crippen molar-refractivity contribution in [1.29, 1.82) is 0 Å². The normalized spacial score (nSPS) is 12.4. The van der Waals surface area contributed by atoms with E-state index in [-0.39, 0.29) is 31.1 Å². The molecule has 0 fully saturated rings. The second kappa shape index (κ2) is 54.4. The van der Waals surface area contributed by atoms with Crippen molar-refractivity contribution in [1.82, 2.24) is 0 Å². The van der Waals surface area contributed by atoms with Gasteiger partial charge >= 0.3 is 17.9 Å². The van der Waals surface area contributed by atoms with Crippen molar-refractivity contribution < 1.29 is 28.6 Å². The van der Waals surface area contributed by atoms with Crippen molar-refractivity contribution in [3.05, 3.63) is 0 Å². The summed E-state index contributed by atoms with van der Waals surface area (Å²) in [5.41, 5.74) is 0. The van der Waals surface area contributed by atoms with Crippen LogP contribution >= 0.6 is 0 Å². The van der Waals surface area contributed by atoms with Crippen molar-refractivity contribution in [2.75, 3.05) is 13.2 Å². The van der Waals surface area contributed by atoms with Gasteiger partial charge in [0.25, 0.3) is 0 Å². The topological polar surface area (TPSA) is 78.9 Å². The highest BCUT2D eigenvalue weighted by atomic mass is 16.6. The Morgan fingerprint density at radius 3 is 0.788 bits per heavy atom. The average molecular weight is 934 g/mol. The lowest BCUT2D eigenvalue weighted by Gasteiger charge is -2.18. The molecule has 0 aromatic heterocycles. The smallest absolute Gasteiger partial charge is 0.306 e. The molecule has 0 heterocycles. The largest absolute Gasteiger partial charge is 0.462 e. The van der Waals surface area contributed by atoms with E-state index >= 15 is 0 Å². The zero-order chi connectivity index (χ0) is 48.1. The third kappa shape index (κ3) is 51.8. The fraction of sp³-hybridized carbons (Fsp3) is 0.950. The molecule has 392 valence electrons. The molecule has 0 amide bonds. The highest BCUT2D eigenvalue weighted by Gasteiger charge is 2.19. The second-order valence-corrected chi connectivity index (χ2v) is 20.9. The van der Waals surface area contributed by atoms with Crippen LogP contribution in [0.1, 0.15) is 342 Å². The van der Waals surface area contributed by atoms with Crippen LogP contribution in [0.3, 0.4) is 0 Å². The second-order valence-electron chi connectivity index (χ2n) is 20.9. The number of esters is 3. The minimum absolute atomic E-state index is 0.0621. The summed E-state index contributed by atoms with van der Waals surface area (Å²) in [6.45, 7) is 9.07. The first-order valence-electron chi connectivity index (χ1n) is 29.9. The Hall–Kier alpha value is -1.59. The van der Waals surface area contributed by atoms with Crippen molar-refractivity contribution in [2.24, 2.45) is 5.92 Å². The standard InChI is InChI=1S/C60H116O6/c1-5-8-10-12-14-16-18-20-22-24-25-27-29-31-33-35-41-45-49-53-60(63)66-57(55-65-59(62)52-48-44-40-37-36-38-42-46-50-56(4)7-3)54-64-58(61)51-47-43-39-34-32-30-28-26-23-21-19-17-15-13-11-9-6-2/h56-57H,5-55H2,1-4H3/t56?,57-/m0/s1. The number of carbonyl (C=O) groups excluding carboxylic acids is 3. The van der Waals surface area contributed by atoms with E-state index < -0.39 is 6.10 Å². The number of ether oxygens (including phenoxy) is 3. The highest BCUT2D eigenvalue weighted by molar-refractivity contribution is 5.71. The summed E-state index contributed by atoms with van der Waals surface area (Å²) in [6, 6.07) is 0. The van der Waals surface area contributed by atoms with Gasteiger partial charge in [0.05, 0.1) is 0 Å². The van der Waals surface area contributed by atoms with E-state index in [4.69, 9.17) is 14.2 Å². The summed E-state index contributed by atoms with van der Waals surface area (Å²) in [6.07, 6.45) is 59.5. The molecule has 0 radical (unpaired) electrons. The maximum Gasteiger partial charge on any atom is 0.306 e. The zero-order valence-electron chi connectivity index (χ0n) is 45.2. The molecule has 2 atom stereocenters. The molecule has 0 spiro atoms. The highest BCUT2D eigenvalue weighted by Crippen LogP contribution is 2.19. The Balaban J connectivity index is 4.27. The summed E-state index contributed by atoms with van der Waals surface area (Å²) >= 11 is 0. The van der Waals surface area contributed by atoms with Gasteiger partial charge < -0.3 is 14.2 Å². The Kier molecular flexibility index (Phi) is 53.0. The first-order chi connectivity index (χ1) is 32.4. The van der Waals surface area contributed by atoms with Gasteiger partial charge in [0, 0.05) is 19.3 Å². The Bertz CT molecular complexity index is 998. The first kappa shape index (κ1) is 64.4. The van der Waals surface area contributed by atoms with Crippen molar-refractivity contribution >= 4 is 17.9 Å². The molecule has 0 rings (SSSR count). The summed E-state index contributed by atoms with van der Waals surface area (Å²) < 4.78 is 16.9. The van der Waals surface area contributed by atoms with Crippen LogP contribution in [0.2, 0.25) is 0 Å². The fourth-order valence-electron chi connectivity index (χ4n) is 9.25. The van der Waals surface area contributed by atoms with Gasteiger partial charge in [0.15, 0.2) is 6.10 Å². The van der Waals surface area contributed by atoms with E-state index in [2.05, 4.69) is 27.7 Å². The van der Waals surface area contributed by atoms with Crippen LogP contribution in [0.15, 0.2) is 0 Å².